The molecule has 0 aromatic heterocycles. The van der Waals surface area contributed by atoms with Crippen molar-refractivity contribution in [2.75, 3.05) is 13.2 Å². The van der Waals surface area contributed by atoms with Crippen LogP contribution < -0.4 is 10.6 Å². The lowest BCUT2D eigenvalue weighted by molar-refractivity contribution is -0.125. The zero-order chi connectivity index (χ0) is 20.4. The monoisotopic (exact) mass is 380 g/mol. The fourth-order valence-electron chi connectivity index (χ4n) is 2.55. The van der Waals surface area contributed by atoms with Gasteiger partial charge in [-0.2, -0.15) is 0 Å². The third-order valence-corrected chi connectivity index (χ3v) is 4.02. The minimum absolute atomic E-state index is 0.348. The van der Waals surface area contributed by atoms with Gasteiger partial charge >= 0.3 is 6.03 Å². The van der Waals surface area contributed by atoms with Gasteiger partial charge in [-0.25, -0.2) is 4.79 Å². The molecule has 0 bridgehead atoms. The lowest BCUT2D eigenvalue weighted by Crippen LogP contribution is -2.52. The van der Waals surface area contributed by atoms with Crippen LogP contribution in [0.1, 0.15) is 23.6 Å². The third-order valence-electron chi connectivity index (χ3n) is 4.02. The number of carbonyl (C=O) groups excluding carboxylic acids is 2. The number of amides is 2. The molecule has 6 nitrogen and oxygen atoms in total. The minimum Gasteiger partial charge on any atom is -0.391 e. The molecule has 6 heteroatoms. The molecule has 2 amide bonds. The molecule has 146 valence electrons. The molecule has 0 spiro atoms. The quantitative estimate of drug-likeness (QED) is 0.543. The highest BCUT2D eigenvalue weighted by molar-refractivity contribution is 5.89. The zero-order valence-corrected chi connectivity index (χ0v) is 15.7. The summed E-state index contributed by atoms with van der Waals surface area (Å²) in [5.41, 5.74) is 2.84. The fourth-order valence-corrected chi connectivity index (χ4v) is 2.55. The van der Waals surface area contributed by atoms with Gasteiger partial charge in [-0.3, -0.25) is 4.79 Å². The Morgan fingerprint density at radius 3 is 2.39 bits per heavy atom. The maximum atomic E-state index is 11.9. The van der Waals surface area contributed by atoms with E-state index in [2.05, 4.69) is 22.5 Å². The van der Waals surface area contributed by atoms with E-state index in [4.69, 9.17) is 5.11 Å². The first-order chi connectivity index (χ1) is 13.5. The van der Waals surface area contributed by atoms with E-state index in [1.54, 1.807) is 0 Å². The number of ketones is 1. The van der Waals surface area contributed by atoms with E-state index in [-0.39, 0.29) is 0 Å². The summed E-state index contributed by atoms with van der Waals surface area (Å²) in [6, 6.07) is 15.7. The molecule has 2 atom stereocenters. The largest absolute Gasteiger partial charge is 0.391 e. The molecule has 2 aromatic rings. The number of hydrogen-bond acceptors (Lipinski definition) is 4. The summed E-state index contributed by atoms with van der Waals surface area (Å²) in [6.07, 6.45) is -0.507. The molecule has 0 aliphatic rings. The Balaban J connectivity index is 1.87. The molecular weight excluding hydrogens is 356 g/mol. The topological polar surface area (TPSA) is 98.7 Å². The second-order valence-corrected chi connectivity index (χ2v) is 6.31. The molecule has 28 heavy (non-hydrogen) atoms. The van der Waals surface area contributed by atoms with Gasteiger partial charge in [0.15, 0.2) is 5.78 Å². The average Bonchev–Trinajstić information content (AvgIpc) is 2.71. The zero-order valence-electron chi connectivity index (χ0n) is 15.7. The predicted octanol–water partition coefficient (Wildman–Crippen LogP) is 1.24. The Morgan fingerprint density at radius 2 is 1.71 bits per heavy atom. The lowest BCUT2D eigenvalue weighted by atomic mass is 10.1. The second-order valence-electron chi connectivity index (χ2n) is 6.31. The Bertz CT molecular complexity index is 854. The van der Waals surface area contributed by atoms with Crippen LogP contribution in [0.25, 0.3) is 0 Å². The first-order valence-electron chi connectivity index (χ1n) is 9.01. The van der Waals surface area contributed by atoms with Gasteiger partial charge in [0.1, 0.15) is 12.6 Å². The number of rotatable bonds is 7. The molecule has 4 N–H and O–H groups in total. The summed E-state index contributed by atoms with van der Waals surface area (Å²) in [7, 11) is 0. The molecule has 0 saturated carbocycles. The molecule has 0 heterocycles. The Hall–Kier alpha value is -3.14. The molecule has 0 aliphatic heterocycles. The summed E-state index contributed by atoms with van der Waals surface area (Å²) >= 11 is 0. The van der Waals surface area contributed by atoms with Crippen molar-refractivity contribution in [3.05, 3.63) is 71.3 Å². The predicted molar refractivity (Wildman–Crippen MR) is 107 cm³/mol. The van der Waals surface area contributed by atoms with Crippen LogP contribution >= 0.6 is 0 Å². The van der Waals surface area contributed by atoms with E-state index < -0.39 is 30.6 Å². The van der Waals surface area contributed by atoms with Crippen LogP contribution in [0.5, 0.6) is 0 Å². The summed E-state index contributed by atoms with van der Waals surface area (Å²) in [5, 5.41) is 23.4. The molecule has 2 rings (SSSR count). The van der Waals surface area contributed by atoms with Crippen LogP contribution in [0.15, 0.2) is 54.6 Å². The van der Waals surface area contributed by atoms with Gasteiger partial charge in [0.05, 0.1) is 6.10 Å². The Morgan fingerprint density at radius 1 is 1.04 bits per heavy atom. The maximum Gasteiger partial charge on any atom is 0.315 e. The van der Waals surface area contributed by atoms with Gasteiger partial charge in [-0.1, -0.05) is 42.2 Å². The molecule has 0 unspecified atom stereocenters. The van der Waals surface area contributed by atoms with Crippen LogP contribution in [0, 0.1) is 11.8 Å². The molecule has 0 radical (unpaired) electrons. The number of aliphatic hydroxyl groups excluding tert-OH is 2. The van der Waals surface area contributed by atoms with E-state index in [0.29, 0.717) is 13.0 Å². The number of hydrogen-bond donors (Lipinski definition) is 4. The van der Waals surface area contributed by atoms with Gasteiger partial charge in [0, 0.05) is 17.7 Å². The van der Waals surface area contributed by atoms with Crippen molar-refractivity contribution >= 4 is 11.8 Å². The van der Waals surface area contributed by atoms with Crippen LogP contribution in [0.3, 0.4) is 0 Å². The van der Waals surface area contributed by atoms with E-state index in [0.717, 1.165) is 16.7 Å². The number of benzene rings is 2. The van der Waals surface area contributed by atoms with Gasteiger partial charge in [-0.15, -0.1) is 0 Å². The average molecular weight is 380 g/mol. The number of urea groups is 1. The van der Waals surface area contributed by atoms with Gasteiger partial charge in [0.2, 0.25) is 0 Å². The molecule has 0 aliphatic carbocycles. The van der Waals surface area contributed by atoms with Crippen molar-refractivity contribution in [3.63, 3.8) is 0 Å². The molecule has 0 fully saturated rings. The van der Waals surface area contributed by atoms with Crippen LogP contribution in [0.2, 0.25) is 0 Å². The Kier molecular flexibility index (Phi) is 8.22. The van der Waals surface area contributed by atoms with Crippen molar-refractivity contribution in [2.45, 2.75) is 25.5 Å². The normalized spacial score (nSPS) is 12.2. The minimum atomic E-state index is -1.14. The van der Waals surface area contributed by atoms with Crippen molar-refractivity contribution in [1.82, 2.24) is 10.6 Å². The van der Waals surface area contributed by atoms with Crippen molar-refractivity contribution < 1.29 is 19.8 Å². The second kappa shape index (κ2) is 10.9. The van der Waals surface area contributed by atoms with Crippen molar-refractivity contribution in [1.29, 1.82) is 0 Å². The summed E-state index contributed by atoms with van der Waals surface area (Å²) in [4.78, 5) is 23.4. The molecular formula is C22H24N2O4. The van der Waals surface area contributed by atoms with E-state index in [1.165, 1.54) is 6.92 Å². The van der Waals surface area contributed by atoms with Crippen LogP contribution in [0.4, 0.5) is 4.79 Å². The number of nitrogens with one attached hydrogen (secondary N) is 2. The van der Waals surface area contributed by atoms with Gasteiger partial charge < -0.3 is 20.8 Å². The van der Waals surface area contributed by atoms with Gasteiger partial charge in [-0.05, 0) is 43.2 Å². The van der Waals surface area contributed by atoms with Crippen LogP contribution in [-0.2, 0) is 11.2 Å². The highest BCUT2D eigenvalue weighted by atomic mass is 16.3. The first-order valence-corrected chi connectivity index (χ1v) is 9.01. The van der Waals surface area contributed by atoms with Crippen molar-refractivity contribution in [2.24, 2.45) is 0 Å². The highest BCUT2D eigenvalue weighted by Crippen LogP contribution is 2.05. The maximum absolute atomic E-state index is 11.9. The summed E-state index contributed by atoms with van der Waals surface area (Å²) in [5.74, 6) is 5.58. The van der Waals surface area contributed by atoms with E-state index in [9.17, 15) is 14.7 Å². The SMILES string of the molecule is C[C@H](O)[C@@H](NC(=O)NCCc1cccc(C#Cc2ccccc2)c1)C(=O)CO. The number of aliphatic hydroxyl groups is 2. The van der Waals surface area contributed by atoms with Crippen LogP contribution in [-0.4, -0.2) is 47.3 Å². The number of Topliss-reactive ketones (excluding diaryl/α,β-unsaturated/α-hetero) is 1. The third kappa shape index (κ3) is 6.88. The molecule has 0 saturated heterocycles. The Labute approximate surface area is 164 Å². The summed E-state index contributed by atoms with van der Waals surface area (Å²) < 4.78 is 0. The highest BCUT2D eigenvalue weighted by Gasteiger charge is 2.24. The summed E-state index contributed by atoms with van der Waals surface area (Å²) in [6.45, 7) is 0.981. The van der Waals surface area contributed by atoms with Gasteiger partial charge in [0.25, 0.3) is 0 Å². The lowest BCUT2D eigenvalue weighted by Gasteiger charge is -2.19. The molecule has 2 aromatic carbocycles. The number of carbonyl (C=O) groups is 2. The standard InChI is InChI=1S/C22H24N2O4/c1-16(26)21(20(27)15-25)24-22(28)23-13-12-19-9-5-8-18(14-19)11-10-17-6-3-2-4-7-17/h2-9,14,16,21,25-26H,12-13,15H2,1H3,(H2,23,24,28)/t16-,21+/m0/s1. The smallest absolute Gasteiger partial charge is 0.315 e. The van der Waals surface area contributed by atoms with Crippen molar-refractivity contribution in [3.8, 4) is 11.8 Å². The van der Waals surface area contributed by atoms with E-state index >= 15 is 0 Å². The first kappa shape index (κ1) is 21.2. The fraction of sp³-hybridized carbons (Fsp3) is 0.273. The van der Waals surface area contributed by atoms with E-state index in [1.807, 2.05) is 54.6 Å².